The standard InChI is InChI=1S/C13H19BrN2O2/c1-8(2)12(7-15)13(17)16-10-4-9(14)5-11(6-10)18-3/h4-6,8,12H,7,15H2,1-3H3,(H,16,17). The maximum Gasteiger partial charge on any atom is 0.229 e. The van der Waals surface area contributed by atoms with E-state index in [0.29, 0.717) is 18.0 Å². The summed E-state index contributed by atoms with van der Waals surface area (Å²) in [5.41, 5.74) is 6.32. The number of methoxy groups -OCH3 is 1. The van der Waals surface area contributed by atoms with Gasteiger partial charge in [-0.2, -0.15) is 0 Å². The smallest absolute Gasteiger partial charge is 0.229 e. The van der Waals surface area contributed by atoms with Crippen LogP contribution in [-0.2, 0) is 4.79 Å². The Kier molecular flexibility index (Phi) is 5.62. The molecule has 1 aromatic rings. The summed E-state index contributed by atoms with van der Waals surface area (Å²) >= 11 is 3.37. The third-order valence-corrected chi connectivity index (χ3v) is 3.23. The highest BCUT2D eigenvalue weighted by atomic mass is 79.9. The summed E-state index contributed by atoms with van der Waals surface area (Å²) in [7, 11) is 1.59. The van der Waals surface area contributed by atoms with Gasteiger partial charge in [0.05, 0.1) is 13.0 Å². The molecule has 0 radical (unpaired) electrons. The minimum Gasteiger partial charge on any atom is -0.497 e. The van der Waals surface area contributed by atoms with Gasteiger partial charge in [-0.05, 0) is 18.1 Å². The topological polar surface area (TPSA) is 64.3 Å². The van der Waals surface area contributed by atoms with Crippen molar-refractivity contribution < 1.29 is 9.53 Å². The van der Waals surface area contributed by atoms with Crippen molar-refractivity contribution in [1.29, 1.82) is 0 Å². The van der Waals surface area contributed by atoms with E-state index in [1.54, 1.807) is 13.2 Å². The van der Waals surface area contributed by atoms with E-state index in [1.165, 1.54) is 0 Å². The summed E-state index contributed by atoms with van der Waals surface area (Å²) < 4.78 is 6.00. The second kappa shape index (κ2) is 6.75. The number of anilines is 1. The van der Waals surface area contributed by atoms with Crippen LogP contribution in [0.4, 0.5) is 5.69 Å². The van der Waals surface area contributed by atoms with E-state index in [9.17, 15) is 4.79 Å². The van der Waals surface area contributed by atoms with E-state index >= 15 is 0 Å². The third-order valence-electron chi connectivity index (χ3n) is 2.77. The molecule has 1 aromatic carbocycles. The van der Waals surface area contributed by atoms with Gasteiger partial charge in [0, 0.05) is 22.8 Å². The minimum absolute atomic E-state index is 0.0624. The van der Waals surface area contributed by atoms with Crippen molar-refractivity contribution >= 4 is 27.5 Å². The molecule has 0 aliphatic rings. The predicted molar refractivity (Wildman–Crippen MR) is 76.7 cm³/mol. The van der Waals surface area contributed by atoms with E-state index < -0.39 is 0 Å². The molecule has 1 unspecified atom stereocenters. The van der Waals surface area contributed by atoms with E-state index in [4.69, 9.17) is 10.5 Å². The summed E-state index contributed by atoms with van der Waals surface area (Å²) in [4.78, 5) is 12.0. The average Bonchev–Trinajstić information content (AvgIpc) is 2.28. The largest absolute Gasteiger partial charge is 0.497 e. The van der Waals surface area contributed by atoms with Gasteiger partial charge in [-0.1, -0.05) is 29.8 Å². The molecule has 0 fully saturated rings. The van der Waals surface area contributed by atoms with E-state index in [-0.39, 0.29) is 17.7 Å². The first-order valence-corrected chi connectivity index (χ1v) is 6.62. The molecule has 3 N–H and O–H groups in total. The molecule has 0 aliphatic carbocycles. The number of amides is 1. The summed E-state index contributed by atoms with van der Waals surface area (Å²) in [5.74, 6) is 0.653. The van der Waals surface area contributed by atoms with Gasteiger partial charge in [0.1, 0.15) is 5.75 Å². The Morgan fingerprint density at radius 2 is 2.11 bits per heavy atom. The third kappa shape index (κ3) is 3.99. The van der Waals surface area contributed by atoms with Gasteiger partial charge in [0.25, 0.3) is 0 Å². The molecule has 1 amide bonds. The fourth-order valence-electron chi connectivity index (χ4n) is 1.67. The highest BCUT2D eigenvalue weighted by molar-refractivity contribution is 9.10. The SMILES string of the molecule is COc1cc(Br)cc(NC(=O)C(CN)C(C)C)c1. The molecule has 1 rings (SSSR count). The van der Waals surface area contributed by atoms with Gasteiger partial charge in [0.15, 0.2) is 0 Å². The fraction of sp³-hybridized carbons (Fsp3) is 0.462. The first-order chi connectivity index (χ1) is 8.47. The van der Waals surface area contributed by atoms with Crippen LogP contribution in [0.3, 0.4) is 0 Å². The van der Waals surface area contributed by atoms with Gasteiger partial charge in [-0.15, -0.1) is 0 Å². The minimum atomic E-state index is -0.185. The van der Waals surface area contributed by atoms with Crippen molar-refractivity contribution in [3.05, 3.63) is 22.7 Å². The fourth-order valence-corrected chi connectivity index (χ4v) is 2.14. The Labute approximate surface area is 116 Å². The molecule has 0 aromatic heterocycles. The van der Waals surface area contributed by atoms with Crippen molar-refractivity contribution in [2.24, 2.45) is 17.6 Å². The molecular formula is C13H19BrN2O2. The number of benzene rings is 1. The number of hydrogen-bond donors (Lipinski definition) is 2. The lowest BCUT2D eigenvalue weighted by atomic mass is 9.95. The number of carbonyl (C=O) groups is 1. The average molecular weight is 315 g/mol. The second-order valence-corrected chi connectivity index (χ2v) is 5.37. The Bertz CT molecular complexity index is 421. The molecule has 0 saturated heterocycles. The number of ether oxygens (including phenoxy) is 1. The molecule has 0 heterocycles. The zero-order chi connectivity index (χ0) is 13.7. The van der Waals surface area contributed by atoms with Gasteiger partial charge in [0.2, 0.25) is 5.91 Å². The molecule has 18 heavy (non-hydrogen) atoms. The quantitative estimate of drug-likeness (QED) is 0.878. The normalized spacial score (nSPS) is 12.3. The number of nitrogens with one attached hydrogen (secondary N) is 1. The lowest BCUT2D eigenvalue weighted by molar-refractivity contribution is -0.120. The maximum atomic E-state index is 12.0. The van der Waals surface area contributed by atoms with Crippen molar-refractivity contribution in [3.8, 4) is 5.75 Å². The number of rotatable bonds is 5. The molecule has 0 aliphatic heterocycles. The summed E-state index contributed by atoms with van der Waals surface area (Å²) in [6.07, 6.45) is 0. The monoisotopic (exact) mass is 314 g/mol. The molecule has 0 saturated carbocycles. The van der Waals surface area contributed by atoms with Crippen molar-refractivity contribution in [1.82, 2.24) is 0 Å². The van der Waals surface area contributed by atoms with Gasteiger partial charge in [-0.3, -0.25) is 4.79 Å². The van der Waals surface area contributed by atoms with Crippen LogP contribution in [0.2, 0.25) is 0 Å². The Morgan fingerprint density at radius 3 is 2.61 bits per heavy atom. The Morgan fingerprint density at radius 1 is 1.44 bits per heavy atom. The van der Waals surface area contributed by atoms with Crippen LogP contribution < -0.4 is 15.8 Å². The van der Waals surface area contributed by atoms with Crippen LogP contribution in [0.15, 0.2) is 22.7 Å². The molecule has 0 bridgehead atoms. The van der Waals surface area contributed by atoms with Crippen LogP contribution in [-0.4, -0.2) is 19.6 Å². The highest BCUT2D eigenvalue weighted by Gasteiger charge is 2.20. The van der Waals surface area contributed by atoms with Crippen molar-refractivity contribution in [3.63, 3.8) is 0 Å². The number of halogens is 1. The Balaban J connectivity index is 2.84. The molecule has 5 heteroatoms. The lowest BCUT2D eigenvalue weighted by Crippen LogP contribution is -2.33. The summed E-state index contributed by atoms with van der Waals surface area (Å²) in [6, 6.07) is 5.43. The van der Waals surface area contributed by atoms with Crippen LogP contribution in [0.5, 0.6) is 5.75 Å². The first kappa shape index (κ1) is 15.0. The van der Waals surface area contributed by atoms with Crippen LogP contribution in [0, 0.1) is 11.8 Å². The lowest BCUT2D eigenvalue weighted by Gasteiger charge is -2.18. The number of nitrogens with two attached hydrogens (primary N) is 1. The van der Waals surface area contributed by atoms with Crippen LogP contribution in [0.1, 0.15) is 13.8 Å². The van der Waals surface area contributed by atoms with Crippen LogP contribution in [0.25, 0.3) is 0 Å². The van der Waals surface area contributed by atoms with Crippen molar-refractivity contribution in [2.45, 2.75) is 13.8 Å². The predicted octanol–water partition coefficient (Wildman–Crippen LogP) is 2.63. The molecular weight excluding hydrogens is 296 g/mol. The molecule has 4 nitrogen and oxygen atoms in total. The van der Waals surface area contributed by atoms with E-state index in [2.05, 4.69) is 21.2 Å². The Hall–Kier alpha value is -1.07. The van der Waals surface area contributed by atoms with Crippen molar-refractivity contribution in [2.75, 3.05) is 19.0 Å². The second-order valence-electron chi connectivity index (χ2n) is 4.46. The van der Waals surface area contributed by atoms with Crippen LogP contribution >= 0.6 is 15.9 Å². The van der Waals surface area contributed by atoms with Gasteiger partial charge in [-0.25, -0.2) is 0 Å². The molecule has 100 valence electrons. The van der Waals surface area contributed by atoms with E-state index in [0.717, 1.165) is 4.47 Å². The van der Waals surface area contributed by atoms with Gasteiger partial charge < -0.3 is 15.8 Å². The van der Waals surface area contributed by atoms with E-state index in [1.807, 2.05) is 26.0 Å². The van der Waals surface area contributed by atoms with Gasteiger partial charge >= 0.3 is 0 Å². The zero-order valence-electron chi connectivity index (χ0n) is 10.9. The number of carbonyl (C=O) groups excluding carboxylic acids is 1. The molecule has 1 atom stereocenters. The zero-order valence-corrected chi connectivity index (χ0v) is 12.5. The first-order valence-electron chi connectivity index (χ1n) is 5.83. The number of hydrogen-bond acceptors (Lipinski definition) is 3. The maximum absolute atomic E-state index is 12.0. The summed E-state index contributed by atoms with van der Waals surface area (Å²) in [6.45, 7) is 4.31. The molecule has 0 spiro atoms. The highest BCUT2D eigenvalue weighted by Crippen LogP contribution is 2.25. The summed E-state index contributed by atoms with van der Waals surface area (Å²) in [5, 5.41) is 2.86.